The summed E-state index contributed by atoms with van der Waals surface area (Å²) in [5.41, 5.74) is 14.9. The Hall–Kier alpha value is -7.05. The van der Waals surface area contributed by atoms with E-state index in [1.54, 1.807) is 48.5 Å². The molecule has 8 amide bonds. The standard InChI is InChI=1S/C57H75ClN10O11S2/c1-3-4-7-28-61-40-20-11-36(12-21-40)30-45-53(75)63-43(8-5-6-27-59)52(74)68-50(34(2)69)57(79)67-48(56(78)64-44(51(60)73)29-37-13-22-41(70)23-14-37)33-81-80-32-47(62-49(72)26-17-35-9-18-39(58)19-10-35)55(77)66-46(54(76)65-45)31-38-15-24-42(71)25-16-38/h9-16,18-25,34,43-48,50,61,69-71H,3-8,17,26-33,59H2,1-2H3,(H2,60,73)(H,62,72)(H,63,75)(H,64,78)(H,65,76)(H,66,77)(H,67,79)(H,68,74)/t34?,43-,44+,45+,46-,47+,48-,50?/m0/s1. The molecule has 0 bridgehead atoms. The Bertz CT molecular complexity index is 2710. The van der Waals surface area contributed by atoms with Crippen molar-refractivity contribution in [2.75, 3.05) is 29.9 Å². The van der Waals surface area contributed by atoms with Gasteiger partial charge >= 0.3 is 0 Å². The van der Waals surface area contributed by atoms with Gasteiger partial charge in [-0.25, -0.2) is 0 Å². The van der Waals surface area contributed by atoms with Gasteiger partial charge in [0, 0.05) is 54.4 Å². The maximum Gasteiger partial charge on any atom is 0.245 e. The van der Waals surface area contributed by atoms with Crippen LogP contribution in [0.15, 0.2) is 97.1 Å². The van der Waals surface area contributed by atoms with E-state index in [9.17, 15) is 53.7 Å². The predicted octanol–water partition coefficient (Wildman–Crippen LogP) is 2.80. The number of benzene rings is 4. The highest BCUT2D eigenvalue weighted by Crippen LogP contribution is 2.25. The van der Waals surface area contributed by atoms with Crippen LogP contribution in [0.4, 0.5) is 5.69 Å². The SMILES string of the molecule is CCCCCNc1ccc(C[C@H]2NC(=O)[C@H](Cc3ccc(O)cc3)NC(=O)[C@H](NC(=O)CCc3ccc(Cl)cc3)CSSC[C@@H](C(=O)N[C@H](Cc3ccc(O)cc3)C(N)=O)NC(=O)C(C(C)O)NC(=O)[C@H](CCCCN)NC2=O)cc1. The van der Waals surface area contributed by atoms with E-state index < -0.39 is 95.7 Å². The Morgan fingerprint density at radius 1 is 0.667 bits per heavy atom. The number of aryl methyl sites for hydroxylation is 1. The number of nitrogens with one attached hydrogen (secondary N) is 8. The Balaban J connectivity index is 1.55. The Kier molecular flexibility index (Phi) is 26.9. The summed E-state index contributed by atoms with van der Waals surface area (Å²) in [4.78, 5) is 114. The molecule has 81 heavy (non-hydrogen) atoms. The van der Waals surface area contributed by atoms with E-state index in [2.05, 4.69) is 49.5 Å². The van der Waals surface area contributed by atoms with Gasteiger partial charge in [-0.2, -0.15) is 0 Å². The number of amides is 8. The summed E-state index contributed by atoms with van der Waals surface area (Å²) in [5.74, 6) is -7.15. The van der Waals surface area contributed by atoms with E-state index in [1.807, 2.05) is 12.1 Å². The van der Waals surface area contributed by atoms with Gasteiger partial charge in [0.05, 0.1) is 6.10 Å². The third-order valence-electron chi connectivity index (χ3n) is 13.2. The number of unbranched alkanes of at least 4 members (excludes halogenated alkanes) is 3. The van der Waals surface area contributed by atoms with Crippen LogP contribution in [-0.2, 0) is 64.0 Å². The van der Waals surface area contributed by atoms with Gasteiger partial charge in [-0.1, -0.05) is 101 Å². The summed E-state index contributed by atoms with van der Waals surface area (Å²) >= 11 is 6.09. The van der Waals surface area contributed by atoms with Gasteiger partial charge in [-0.3, -0.25) is 38.4 Å². The van der Waals surface area contributed by atoms with E-state index >= 15 is 0 Å². The number of rotatable bonds is 23. The zero-order chi connectivity index (χ0) is 58.8. The van der Waals surface area contributed by atoms with Gasteiger partial charge in [0.15, 0.2) is 0 Å². The molecular weight excluding hydrogens is 1100 g/mol. The molecule has 2 unspecified atom stereocenters. The van der Waals surface area contributed by atoms with Gasteiger partial charge in [-0.15, -0.1) is 0 Å². The molecule has 1 aliphatic heterocycles. The van der Waals surface area contributed by atoms with E-state index in [1.165, 1.54) is 43.3 Å². The molecule has 4 aromatic carbocycles. The average Bonchev–Trinajstić information content (AvgIpc) is 3.44. The molecule has 1 heterocycles. The largest absolute Gasteiger partial charge is 0.508 e. The minimum atomic E-state index is -1.71. The van der Waals surface area contributed by atoms with Crippen LogP contribution in [0.2, 0.25) is 5.02 Å². The predicted molar refractivity (Wildman–Crippen MR) is 314 cm³/mol. The fourth-order valence-electron chi connectivity index (χ4n) is 8.52. The number of hydrogen-bond acceptors (Lipinski definition) is 15. The third kappa shape index (κ3) is 22.4. The average molecular weight is 1180 g/mol. The minimum Gasteiger partial charge on any atom is -0.508 e. The molecule has 15 N–H and O–H groups in total. The van der Waals surface area contributed by atoms with Crippen LogP contribution in [0, 0.1) is 0 Å². The molecule has 1 fully saturated rings. The number of carbonyl (C=O) groups excluding carboxylic acids is 8. The number of anilines is 1. The third-order valence-corrected chi connectivity index (χ3v) is 15.9. The molecule has 21 nitrogen and oxygen atoms in total. The highest BCUT2D eigenvalue weighted by Gasteiger charge is 2.36. The van der Waals surface area contributed by atoms with Crippen molar-refractivity contribution < 1.29 is 53.7 Å². The summed E-state index contributed by atoms with van der Waals surface area (Å²) in [7, 11) is 2.02. The molecule has 5 rings (SSSR count). The topological polar surface area (TPSA) is 346 Å². The second kappa shape index (κ2) is 33.6. The summed E-state index contributed by atoms with van der Waals surface area (Å²) in [6, 6.07) is 16.0. The Morgan fingerprint density at radius 2 is 1.21 bits per heavy atom. The van der Waals surface area contributed by atoms with Gasteiger partial charge in [0.2, 0.25) is 47.3 Å². The maximum absolute atomic E-state index is 14.8. The molecule has 438 valence electrons. The maximum atomic E-state index is 14.8. The van der Waals surface area contributed by atoms with Gasteiger partial charge in [-0.05, 0) is 116 Å². The van der Waals surface area contributed by atoms with Crippen LogP contribution in [0.5, 0.6) is 11.5 Å². The van der Waals surface area contributed by atoms with Crippen LogP contribution in [-0.4, -0.2) is 136 Å². The lowest BCUT2D eigenvalue weighted by atomic mass is 10.0. The van der Waals surface area contributed by atoms with Crippen LogP contribution < -0.4 is 54.0 Å². The Labute approximate surface area is 484 Å². The van der Waals surface area contributed by atoms with E-state index in [0.29, 0.717) is 34.6 Å². The van der Waals surface area contributed by atoms with Crippen LogP contribution in [0.3, 0.4) is 0 Å². The number of aliphatic hydroxyl groups excluding tert-OH is 1. The monoisotopic (exact) mass is 1170 g/mol. The molecule has 24 heteroatoms. The van der Waals surface area contributed by atoms with Gasteiger partial charge < -0.3 is 69.3 Å². The first-order valence-corrected chi connectivity index (χ1v) is 29.8. The fourth-order valence-corrected chi connectivity index (χ4v) is 11.0. The van der Waals surface area contributed by atoms with Crippen molar-refractivity contribution in [3.8, 4) is 11.5 Å². The first kappa shape index (κ1) is 64.8. The van der Waals surface area contributed by atoms with E-state index in [4.69, 9.17) is 23.1 Å². The van der Waals surface area contributed by atoms with E-state index in [-0.39, 0.29) is 68.1 Å². The lowest BCUT2D eigenvalue weighted by molar-refractivity contribution is -0.136. The number of halogens is 1. The smallest absolute Gasteiger partial charge is 0.245 e. The number of nitrogens with two attached hydrogens (primary N) is 2. The number of phenols is 2. The highest BCUT2D eigenvalue weighted by molar-refractivity contribution is 8.76. The molecule has 0 spiro atoms. The second-order valence-electron chi connectivity index (χ2n) is 19.8. The van der Waals surface area contributed by atoms with Crippen molar-refractivity contribution in [3.05, 3.63) is 124 Å². The number of aliphatic hydroxyl groups is 1. The quantitative estimate of drug-likeness (QED) is 0.0375. The molecule has 1 aliphatic rings. The molecule has 8 atom stereocenters. The van der Waals surface area contributed by atoms with Crippen LogP contribution in [0.25, 0.3) is 0 Å². The molecule has 1 saturated heterocycles. The molecule has 0 radical (unpaired) electrons. The van der Waals surface area contributed by atoms with Crippen molar-refractivity contribution >= 4 is 86.1 Å². The molecule has 0 saturated carbocycles. The second-order valence-corrected chi connectivity index (χ2v) is 22.8. The molecule has 0 aromatic heterocycles. The number of carbonyl (C=O) groups is 8. The number of phenolic OH excluding ortho intramolecular Hbond substituents is 2. The minimum absolute atomic E-state index is 0.00274. The van der Waals surface area contributed by atoms with Crippen LogP contribution >= 0.6 is 33.2 Å². The summed E-state index contributed by atoms with van der Waals surface area (Å²) in [6.07, 6.45) is 2.14. The zero-order valence-corrected chi connectivity index (χ0v) is 47.8. The molecular formula is C57H75ClN10O11S2. The highest BCUT2D eigenvalue weighted by atomic mass is 35.5. The van der Waals surface area contributed by atoms with Crippen LogP contribution in [0.1, 0.15) is 81.0 Å². The fraction of sp³-hybridized carbons (Fsp3) is 0.439. The van der Waals surface area contributed by atoms with Gasteiger partial charge in [0.25, 0.3) is 0 Å². The Morgan fingerprint density at radius 3 is 1.79 bits per heavy atom. The number of hydrogen-bond donors (Lipinski definition) is 13. The van der Waals surface area contributed by atoms with Crippen molar-refractivity contribution in [1.82, 2.24) is 37.2 Å². The number of primary amides is 1. The number of aromatic hydroxyl groups is 2. The lowest BCUT2D eigenvalue weighted by Crippen LogP contribution is -2.62. The van der Waals surface area contributed by atoms with Crippen molar-refractivity contribution in [2.45, 2.75) is 133 Å². The van der Waals surface area contributed by atoms with Crippen molar-refractivity contribution in [2.24, 2.45) is 11.5 Å². The molecule has 4 aromatic rings. The summed E-state index contributed by atoms with van der Waals surface area (Å²) in [5, 5.41) is 53.8. The first-order valence-electron chi connectivity index (χ1n) is 27.0. The molecule has 0 aliphatic carbocycles. The normalized spacial score (nSPS) is 20.4. The first-order chi connectivity index (χ1) is 38.8. The summed E-state index contributed by atoms with van der Waals surface area (Å²) < 4.78 is 0. The zero-order valence-electron chi connectivity index (χ0n) is 45.4. The van der Waals surface area contributed by atoms with Crippen molar-refractivity contribution in [1.29, 1.82) is 0 Å². The summed E-state index contributed by atoms with van der Waals surface area (Å²) in [6.45, 7) is 4.35. The van der Waals surface area contributed by atoms with Crippen molar-refractivity contribution in [3.63, 3.8) is 0 Å². The lowest BCUT2D eigenvalue weighted by Gasteiger charge is -2.29. The van der Waals surface area contributed by atoms with Gasteiger partial charge in [0.1, 0.15) is 53.8 Å². The van der Waals surface area contributed by atoms with E-state index in [0.717, 1.165) is 58.6 Å².